The summed E-state index contributed by atoms with van der Waals surface area (Å²) >= 11 is 5.96. The predicted octanol–water partition coefficient (Wildman–Crippen LogP) is 3.29. The molecule has 1 unspecified atom stereocenters. The van der Waals surface area contributed by atoms with Gasteiger partial charge in [-0.3, -0.25) is 9.59 Å². The highest BCUT2D eigenvalue weighted by Crippen LogP contribution is 2.29. The molecular formula is C18H18ClN3O2. The van der Waals surface area contributed by atoms with E-state index in [2.05, 4.69) is 10.3 Å². The molecule has 0 radical (unpaired) electrons. The van der Waals surface area contributed by atoms with Crippen molar-refractivity contribution in [3.8, 4) is 0 Å². The zero-order valence-electron chi connectivity index (χ0n) is 13.3. The fraction of sp³-hybridized carbons (Fsp3) is 0.278. The second-order valence-corrected chi connectivity index (χ2v) is 6.08. The molecule has 1 saturated heterocycles. The lowest BCUT2D eigenvalue weighted by atomic mass is 10.1. The minimum absolute atomic E-state index is 0.0340. The van der Waals surface area contributed by atoms with Crippen molar-refractivity contribution in [1.29, 1.82) is 0 Å². The molecule has 0 saturated carbocycles. The van der Waals surface area contributed by atoms with Crippen LogP contribution in [-0.2, 0) is 16.0 Å². The van der Waals surface area contributed by atoms with Crippen LogP contribution < -0.4 is 10.2 Å². The van der Waals surface area contributed by atoms with Crippen LogP contribution >= 0.6 is 11.6 Å². The minimum atomic E-state index is -0.404. The molecular weight excluding hydrogens is 326 g/mol. The number of aromatic nitrogens is 1. The highest BCUT2D eigenvalue weighted by molar-refractivity contribution is 6.32. The maximum absolute atomic E-state index is 12.5. The Labute approximate surface area is 145 Å². The Balaban J connectivity index is 1.75. The number of carbonyl (C=O) groups is 2. The molecule has 1 aromatic heterocycles. The van der Waals surface area contributed by atoms with Crippen LogP contribution in [0.1, 0.15) is 18.9 Å². The highest BCUT2D eigenvalue weighted by atomic mass is 35.5. The molecule has 0 spiro atoms. The number of benzene rings is 1. The van der Waals surface area contributed by atoms with Gasteiger partial charge in [-0.2, -0.15) is 0 Å². The second-order valence-electron chi connectivity index (χ2n) is 5.72. The third kappa shape index (κ3) is 3.26. The van der Waals surface area contributed by atoms with Gasteiger partial charge in [0.25, 0.3) is 0 Å². The van der Waals surface area contributed by atoms with Crippen molar-refractivity contribution in [2.24, 2.45) is 5.92 Å². The maximum atomic E-state index is 12.5. The van der Waals surface area contributed by atoms with Gasteiger partial charge in [0, 0.05) is 24.8 Å². The van der Waals surface area contributed by atoms with Crippen molar-refractivity contribution in [1.82, 2.24) is 4.98 Å². The van der Waals surface area contributed by atoms with Gasteiger partial charge in [0.2, 0.25) is 11.8 Å². The average Bonchev–Trinajstić information content (AvgIpc) is 2.98. The number of aryl methyl sites for hydroxylation is 1. The number of pyridine rings is 1. The molecule has 1 N–H and O–H groups in total. The summed E-state index contributed by atoms with van der Waals surface area (Å²) in [6.07, 6.45) is 2.59. The number of nitrogens with one attached hydrogen (secondary N) is 1. The van der Waals surface area contributed by atoms with E-state index in [4.69, 9.17) is 11.6 Å². The van der Waals surface area contributed by atoms with Crippen LogP contribution in [0.2, 0.25) is 5.15 Å². The number of nitrogens with zero attached hydrogens (tertiary/aromatic N) is 2. The third-order valence-corrected chi connectivity index (χ3v) is 4.48. The van der Waals surface area contributed by atoms with Crippen molar-refractivity contribution in [3.63, 3.8) is 0 Å². The van der Waals surface area contributed by atoms with E-state index in [9.17, 15) is 9.59 Å². The summed E-state index contributed by atoms with van der Waals surface area (Å²) in [6.45, 7) is 2.42. The number of amides is 2. The largest absolute Gasteiger partial charge is 0.323 e. The summed E-state index contributed by atoms with van der Waals surface area (Å²) in [5, 5.41) is 3.00. The summed E-state index contributed by atoms with van der Waals surface area (Å²) in [5.41, 5.74) is 2.45. The van der Waals surface area contributed by atoms with Crippen molar-refractivity contribution < 1.29 is 9.59 Å². The van der Waals surface area contributed by atoms with Gasteiger partial charge in [0.15, 0.2) is 5.15 Å². The monoisotopic (exact) mass is 343 g/mol. The molecule has 124 valence electrons. The fourth-order valence-electron chi connectivity index (χ4n) is 2.90. The van der Waals surface area contributed by atoms with E-state index in [1.165, 1.54) is 0 Å². The summed E-state index contributed by atoms with van der Waals surface area (Å²) < 4.78 is 0. The Morgan fingerprint density at radius 3 is 2.88 bits per heavy atom. The fourth-order valence-corrected chi connectivity index (χ4v) is 3.07. The molecule has 2 amide bonds. The molecule has 1 atom stereocenters. The van der Waals surface area contributed by atoms with Crippen molar-refractivity contribution in [2.75, 3.05) is 16.8 Å². The van der Waals surface area contributed by atoms with Crippen LogP contribution in [0.4, 0.5) is 11.4 Å². The highest BCUT2D eigenvalue weighted by Gasteiger charge is 2.35. The Morgan fingerprint density at radius 1 is 1.33 bits per heavy atom. The molecule has 1 aromatic carbocycles. The Kier molecular flexibility index (Phi) is 4.81. The van der Waals surface area contributed by atoms with E-state index in [-0.39, 0.29) is 23.4 Å². The molecule has 3 rings (SSSR count). The topological polar surface area (TPSA) is 62.3 Å². The smallest absolute Gasteiger partial charge is 0.229 e. The average molecular weight is 344 g/mol. The molecule has 0 bridgehead atoms. The number of halogens is 1. The standard InChI is InChI=1S/C18H18ClN3O2/c1-2-12-6-3-4-8-15(12)22-11-13(10-16(22)23)18(24)21-14-7-5-9-20-17(14)19/h3-9,13H,2,10-11H2,1H3,(H,21,24). The molecule has 1 aliphatic heterocycles. The third-order valence-electron chi connectivity index (χ3n) is 4.18. The minimum Gasteiger partial charge on any atom is -0.323 e. The first kappa shape index (κ1) is 16.5. The first-order valence-corrected chi connectivity index (χ1v) is 8.27. The zero-order valence-corrected chi connectivity index (χ0v) is 14.1. The van der Waals surface area contributed by atoms with E-state index in [0.29, 0.717) is 12.2 Å². The summed E-state index contributed by atoms with van der Waals surface area (Å²) in [5.74, 6) is -0.651. The molecule has 24 heavy (non-hydrogen) atoms. The first-order chi connectivity index (χ1) is 11.6. The van der Waals surface area contributed by atoms with Crippen molar-refractivity contribution in [3.05, 3.63) is 53.3 Å². The SMILES string of the molecule is CCc1ccccc1N1CC(C(=O)Nc2cccnc2Cl)CC1=O. The van der Waals surface area contributed by atoms with Crippen LogP contribution in [0.5, 0.6) is 0 Å². The van der Waals surface area contributed by atoms with Crippen LogP contribution in [-0.4, -0.2) is 23.3 Å². The number of hydrogen-bond acceptors (Lipinski definition) is 3. The predicted molar refractivity (Wildman–Crippen MR) is 94.2 cm³/mol. The summed E-state index contributed by atoms with van der Waals surface area (Å²) in [4.78, 5) is 30.5. The van der Waals surface area contributed by atoms with E-state index >= 15 is 0 Å². The van der Waals surface area contributed by atoms with Crippen LogP contribution in [0, 0.1) is 5.92 Å². The van der Waals surface area contributed by atoms with Crippen molar-refractivity contribution in [2.45, 2.75) is 19.8 Å². The van der Waals surface area contributed by atoms with Crippen LogP contribution in [0.3, 0.4) is 0 Å². The van der Waals surface area contributed by atoms with E-state index < -0.39 is 5.92 Å². The lowest BCUT2D eigenvalue weighted by Gasteiger charge is -2.20. The molecule has 6 heteroatoms. The van der Waals surface area contributed by atoms with E-state index in [1.807, 2.05) is 31.2 Å². The van der Waals surface area contributed by atoms with Gasteiger partial charge >= 0.3 is 0 Å². The van der Waals surface area contributed by atoms with Gasteiger partial charge in [-0.1, -0.05) is 36.7 Å². The molecule has 2 heterocycles. The second kappa shape index (κ2) is 7.01. The maximum Gasteiger partial charge on any atom is 0.229 e. The molecule has 0 aliphatic carbocycles. The molecule has 1 fully saturated rings. The van der Waals surface area contributed by atoms with Gasteiger partial charge < -0.3 is 10.2 Å². The molecule has 2 aromatic rings. The van der Waals surface area contributed by atoms with Gasteiger partial charge in [0.1, 0.15) is 0 Å². The Bertz CT molecular complexity index is 778. The van der Waals surface area contributed by atoms with E-state index in [0.717, 1.165) is 17.7 Å². The number of para-hydroxylation sites is 1. The van der Waals surface area contributed by atoms with E-state index in [1.54, 1.807) is 23.2 Å². The number of rotatable bonds is 4. The Morgan fingerprint density at radius 2 is 2.12 bits per heavy atom. The summed E-state index contributed by atoms with van der Waals surface area (Å²) in [7, 11) is 0. The van der Waals surface area contributed by atoms with Gasteiger partial charge in [-0.05, 0) is 30.2 Å². The lowest BCUT2D eigenvalue weighted by Crippen LogP contribution is -2.28. The number of hydrogen-bond donors (Lipinski definition) is 1. The quantitative estimate of drug-likeness (QED) is 0.866. The molecule has 5 nitrogen and oxygen atoms in total. The van der Waals surface area contributed by atoms with Gasteiger partial charge in [-0.25, -0.2) is 4.98 Å². The van der Waals surface area contributed by atoms with Crippen molar-refractivity contribution >= 4 is 34.8 Å². The Hall–Kier alpha value is -2.40. The number of anilines is 2. The number of carbonyl (C=O) groups excluding carboxylic acids is 2. The first-order valence-electron chi connectivity index (χ1n) is 7.89. The van der Waals surface area contributed by atoms with Gasteiger partial charge in [-0.15, -0.1) is 0 Å². The zero-order chi connectivity index (χ0) is 17.1. The van der Waals surface area contributed by atoms with Crippen LogP contribution in [0.15, 0.2) is 42.6 Å². The lowest BCUT2D eigenvalue weighted by molar-refractivity contribution is -0.122. The normalized spacial score (nSPS) is 17.2. The molecule has 1 aliphatic rings. The summed E-state index contributed by atoms with van der Waals surface area (Å²) in [6, 6.07) is 11.2. The van der Waals surface area contributed by atoms with Gasteiger partial charge in [0.05, 0.1) is 11.6 Å². The van der Waals surface area contributed by atoms with Crippen LogP contribution in [0.25, 0.3) is 0 Å².